The van der Waals surface area contributed by atoms with E-state index in [2.05, 4.69) is 46.2 Å². The van der Waals surface area contributed by atoms with Crippen LogP contribution in [0.5, 0.6) is 0 Å². The van der Waals surface area contributed by atoms with Crippen LogP contribution in [0.1, 0.15) is 54.4 Å². The molecule has 1 saturated heterocycles. The largest absolute Gasteiger partial charge is 0.459 e. The fraction of sp³-hybridized carbons (Fsp3) is 0.833. The summed E-state index contributed by atoms with van der Waals surface area (Å²) in [6.07, 6.45) is 0.717. The second kappa shape index (κ2) is 7.77. The van der Waals surface area contributed by atoms with E-state index in [1.807, 2.05) is 13.8 Å². The molecule has 0 unspecified atom stereocenters. The van der Waals surface area contributed by atoms with Crippen molar-refractivity contribution >= 4 is 5.97 Å². The van der Waals surface area contributed by atoms with E-state index in [1.165, 1.54) is 0 Å². The highest BCUT2D eigenvalue weighted by Crippen LogP contribution is 2.38. The number of rotatable bonds is 7. The maximum atomic E-state index is 12.4. The van der Waals surface area contributed by atoms with Gasteiger partial charge >= 0.3 is 5.97 Å². The van der Waals surface area contributed by atoms with Crippen molar-refractivity contribution in [3.8, 4) is 0 Å². The molecule has 0 atom stereocenters. The summed E-state index contributed by atoms with van der Waals surface area (Å²) in [5.41, 5.74) is 0.156. The molecule has 23 heavy (non-hydrogen) atoms. The SMILES string of the molecule is C=C(C(=O)OC1CC(C)(C)N(C)C(C)(C)C1)C(OCC)OCC. The van der Waals surface area contributed by atoms with E-state index < -0.39 is 12.3 Å². The lowest BCUT2D eigenvalue weighted by molar-refractivity contribution is -0.163. The molecule has 1 fully saturated rings. The molecule has 1 heterocycles. The molecule has 0 bridgehead atoms. The average Bonchev–Trinajstić information content (AvgIpc) is 2.43. The van der Waals surface area contributed by atoms with E-state index in [-0.39, 0.29) is 22.8 Å². The maximum Gasteiger partial charge on any atom is 0.338 e. The zero-order chi connectivity index (χ0) is 17.8. The lowest BCUT2D eigenvalue weighted by atomic mass is 9.79. The van der Waals surface area contributed by atoms with E-state index >= 15 is 0 Å². The van der Waals surface area contributed by atoms with Crippen molar-refractivity contribution < 1.29 is 19.0 Å². The minimum atomic E-state index is -0.732. The summed E-state index contributed by atoms with van der Waals surface area (Å²) in [7, 11) is 2.12. The third-order valence-corrected chi connectivity index (χ3v) is 4.73. The third kappa shape index (κ3) is 5.03. The minimum Gasteiger partial charge on any atom is -0.459 e. The van der Waals surface area contributed by atoms with Gasteiger partial charge in [-0.2, -0.15) is 0 Å². The zero-order valence-corrected chi connectivity index (χ0v) is 15.8. The smallest absolute Gasteiger partial charge is 0.338 e. The first kappa shape index (κ1) is 20.1. The van der Waals surface area contributed by atoms with Crippen LogP contribution in [0, 0.1) is 0 Å². The van der Waals surface area contributed by atoms with Crippen LogP contribution < -0.4 is 0 Å². The van der Waals surface area contributed by atoms with Gasteiger partial charge in [-0.05, 0) is 48.6 Å². The third-order valence-electron chi connectivity index (χ3n) is 4.73. The Balaban J connectivity index is 2.74. The topological polar surface area (TPSA) is 48.0 Å². The Labute approximate surface area is 141 Å². The number of nitrogens with zero attached hydrogens (tertiary/aromatic N) is 1. The number of piperidine rings is 1. The Morgan fingerprint density at radius 3 is 1.96 bits per heavy atom. The Morgan fingerprint density at radius 2 is 1.57 bits per heavy atom. The Hall–Kier alpha value is -0.910. The molecule has 1 aliphatic rings. The van der Waals surface area contributed by atoms with Crippen molar-refractivity contribution in [1.29, 1.82) is 0 Å². The molecule has 5 nitrogen and oxygen atoms in total. The number of hydrogen-bond acceptors (Lipinski definition) is 5. The molecule has 0 aromatic heterocycles. The van der Waals surface area contributed by atoms with Crippen molar-refractivity contribution in [3.63, 3.8) is 0 Å². The Morgan fingerprint density at radius 1 is 1.13 bits per heavy atom. The van der Waals surface area contributed by atoms with E-state index in [1.54, 1.807) is 0 Å². The maximum absolute atomic E-state index is 12.4. The molecule has 0 amide bonds. The van der Waals surface area contributed by atoms with E-state index in [9.17, 15) is 4.79 Å². The predicted octanol–water partition coefficient (Wildman–Crippen LogP) is 3.14. The summed E-state index contributed by atoms with van der Waals surface area (Å²) in [6, 6.07) is 0. The van der Waals surface area contributed by atoms with Crippen LogP contribution in [0.4, 0.5) is 0 Å². The standard InChI is InChI=1S/C18H33NO4/c1-9-21-16(22-10-2)13(3)15(20)23-14-11-17(4,5)19(8)18(6,7)12-14/h14,16H,3,9-12H2,1-2,4-8H3. The lowest BCUT2D eigenvalue weighted by Gasteiger charge is -2.53. The predicted molar refractivity (Wildman–Crippen MR) is 91.2 cm³/mol. The molecule has 0 radical (unpaired) electrons. The fourth-order valence-electron chi connectivity index (χ4n) is 3.24. The van der Waals surface area contributed by atoms with Crippen LogP contribution in [-0.2, 0) is 19.0 Å². The molecule has 5 heteroatoms. The Kier molecular flexibility index (Phi) is 6.81. The van der Waals surface area contributed by atoms with Crippen molar-refractivity contribution in [2.75, 3.05) is 20.3 Å². The number of hydrogen-bond donors (Lipinski definition) is 0. The van der Waals surface area contributed by atoms with Gasteiger partial charge in [0.25, 0.3) is 0 Å². The first-order chi connectivity index (χ1) is 10.5. The highest BCUT2D eigenvalue weighted by Gasteiger charge is 2.44. The molecule has 0 aliphatic carbocycles. The van der Waals surface area contributed by atoms with Crippen LogP contribution in [-0.4, -0.2) is 54.6 Å². The average molecular weight is 327 g/mol. The molecule has 0 aromatic rings. The molecular formula is C18H33NO4. The second-order valence-corrected chi connectivity index (χ2v) is 7.39. The van der Waals surface area contributed by atoms with Gasteiger partial charge in [-0.25, -0.2) is 4.79 Å². The number of carbonyl (C=O) groups excluding carboxylic acids is 1. The summed E-state index contributed by atoms with van der Waals surface area (Å²) in [5.74, 6) is -0.432. The van der Waals surface area contributed by atoms with E-state index in [0.29, 0.717) is 13.2 Å². The van der Waals surface area contributed by atoms with Crippen molar-refractivity contribution in [1.82, 2.24) is 4.90 Å². The number of likely N-dealkylation sites (tertiary alicyclic amines) is 1. The summed E-state index contributed by atoms with van der Waals surface area (Å²) >= 11 is 0. The molecule has 0 aromatic carbocycles. The highest BCUT2D eigenvalue weighted by molar-refractivity contribution is 5.88. The van der Waals surface area contributed by atoms with Gasteiger partial charge in [0.1, 0.15) is 6.10 Å². The minimum absolute atomic E-state index is 0.0345. The van der Waals surface area contributed by atoms with E-state index in [0.717, 1.165) is 12.8 Å². The summed E-state index contributed by atoms with van der Waals surface area (Å²) in [5, 5.41) is 0. The lowest BCUT2D eigenvalue weighted by Crippen LogP contribution is -2.60. The monoisotopic (exact) mass is 327 g/mol. The molecule has 0 spiro atoms. The summed E-state index contributed by atoms with van der Waals surface area (Å²) in [4.78, 5) is 14.8. The first-order valence-electron chi connectivity index (χ1n) is 8.42. The second-order valence-electron chi connectivity index (χ2n) is 7.39. The zero-order valence-electron chi connectivity index (χ0n) is 15.8. The summed E-state index contributed by atoms with van der Waals surface area (Å²) < 4.78 is 16.6. The fourth-order valence-corrected chi connectivity index (χ4v) is 3.24. The van der Waals surface area contributed by atoms with E-state index in [4.69, 9.17) is 14.2 Å². The normalized spacial score (nSPS) is 21.4. The van der Waals surface area contributed by atoms with Crippen molar-refractivity contribution in [2.24, 2.45) is 0 Å². The number of carbonyl (C=O) groups is 1. The van der Waals surface area contributed by atoms with Crippen molar-refractivity contribution in [2.45, 2.75) is 77.9 Å². The molecule has 1 rings (SSSR count). The molecule has 134 valence electrons. The first-order valence-corrected chi connectivity index (χ1v) is 8.42. The van der Waals surface area contributed by atoms with Gasteiger partial charge in [0, 0.05) is 37.1 Å². The van der Waals surface area contributed by atoms with Crippen LogP contribution in [0.3, 0.4) is 0 Å². The van der Waals surface area contributed by atoms with Crippen LogP contribution >= 0.6 is 0 Å². The van der Waals surface area contributed by atoms with Gasteiger partial charge in [-0.3, -0.25) is 4.90 Å². The van der Waals surface area contributed by atoms with Gasteiger partial charge in [-0.1, -0.05) is 6.58 Å². The summed E-state index contributed by atoms with van der Waals surface area (Å²) in [6.45, 7) is 17.1. The van der Waals surface area contributed by atoms with Gasteiger partial charge in [0.2, 0.25) is 0 Å². The van der Waals surface area contributed by atoms with Gasteiger partial charge in [0.15, 0.2) is 6.29 Å². The van der Waals surface area contributed by atoms with Gasteiger partial charge < -0.3 is 14.2 Å². The van der Waals surface area contributed by atoms with Crippen LogP contribution in [0.25, 0.3) is 0 Å². The van der Waals surface area contributed by atoms with Gasteiger partial charge in [0.05, 0.1) is 5.57 Å². The molecule has 0 saturated carbocycles. The van der Waals surface area contributed by atoms with Crippen LogP contribution in [0.15, 0.2) is 12.2 Å². The Bertz CT molecular complexity index is 407. The molecule has 1 aliphatic heterocycles. The molecular weight excluding hydrogens is 294 g/mol. The number of ether oxygens (including phenoxy) is 3. The van der Waals surface area contributed by atoms with Gasteiger partial charge in [-0.15, -0.1) is 0 Å². The number of esters is 1. The molecule has 0 N–H and O–H groups in total. The van der Waals surface area contributed by atoms with Crippen molar-refractivity contribution in [3.05, 3.63) is 12.2 Å². The quantitative estimate of drug-likeness (QED) is 0.408. The highest BCUT2D eigenvalue weighted by atomic mass is 16.7. The van der Waals surface area contributed by atoms with Crippen LogP contribution in [0.2, 0.25) is 0 Å².